The van der Waals surface area contributed by atoms with Crippen molar-refractivity contribution in [3.63, 3.8) is 0 Å². The maximum absolute atomic E-state index is 12.5. The van der Waals surface area contributed by atoms with Crippen LogP contribution < -0.4 is 10.1 Å². The SMILES string of the molecule is CC[C@@H](Oc1ccc2c(c1)[C@@H](c1ccccc1)N(C(C)=O)CC2)C(=O)NCC1CC1. The average molecular weight is 407 g/mol. The van der Waals surface area contributed by atoms with Gasteiger partial charge in [0.25, 0.3) is 5.91 Å². The van der Waals surface area contributed by atoms with Crippen molar-refractivity contribution in [2.45, 2.75) is 51.7 Å². The molecule has 2 atom stereocenters. The van der Waals surface area contributed by atoms with Gasteiger partial charge in [-0.15, -0.1) is 0 Å². The fourth-order valence-electron chi connectivity index (χ4n) is 4.17. The zero-order chi connectivity index (χ0) is 21.1. The van der Waals surface area contributed by atoms with Gasteiger partial charge in [-0.2, -0.15) is 0 Å². The van der Waals surface area contributed by atoms with Crippen LogP contribution in [-0.2, 0) is 16.0 Å². The molecule has 0 radical (unpaired) electrons. The molecule has 30 heavy (non-hydrogen) atoms. The number of carbonyl (C=O) groups is 2. The molecule has 0 unspecified atom stereocenters. The first-order chi connectivity index (χ1) is 14.6. The number of amides is 2. The molecule has 0 aromatic heterocycles. The first kappa shape index (κ1) is 20.5. The molecule has 1 aliphatic heterocycles. The lowest BCUT2D eigenvalue weighted by Gasteiger charge is -2.37. The van der Waals surface area contributed by atoms with E-state index in [1.807, 2.05) is 42.2 Å². The van der Waals surface area contributed by atoms with Crippen LogP contribution in [0.2, 0.25) is 0 Å². The van der Waals surface area contributed by atoms with Crippen LogP contribution in [0.5, 0.6) is 5.75 Å². The molecule has 5 nitrogen and oxygen atoms in total. The van der Waals surface area contributed by atoms with E-state index in [1.165, 1.54) is 18.4 Å². The van der Waals surface area contributed by atoms with E-state index >= 15 is 0 Å². The van der Waals surface area contributed by atoms with Crippen molar-refractivity contribution in [2.75, 3.05) is 13.1 Å². The summed E-state index contributed by atoms with van der Waals surface area (Å²) < 4.78 is 6.11. The number of nitrogens with one attached hydrogen (secondary N) is 1. The van der Waals surface area contributed by atoms with E-state index in [2.05, 4.69) is 23.5 Å². The molecule has 0 saturated heterocycles. The summed E-state index contributed by atoms with van der Waals surface area (Å²) in [6.07, 6.45) is 3.32. The number of hydrogen-bond donors (Lipinski definition) is 1. The van der Waals surface area contributed by atoms with E-state index in [0.717, 1.165) is 24.1 Å². The number of benzene rings is 2. The van der Waals surface area contributed by atoms with Crippen molar-refractivity contribution in [1.29, 1.82) is 0 Å². The van der Waals surface area contributed by atoms with Gasteiger partial charge in [0.1, 0.15) is 5.75 Å². The van der Waals surface area contributed by atoms with E-state index < -0.39 is 6.10 Å². The van der Waals surface area contributed by atoms with Crippen LogP contribution in [0.4, 0.5) is 0 Å². The van der Waals surface area contributed by atoms with Crippen molar-refractivity contribution in [3.8, 4) is 5.75 Å². The molecule has 2 aliphatic rings. The predicted octanol–water partition coefficient (Wildman–Crippen LogP) is 3.86. The summed E-state index contributed by atoms with van der Waals surface area (Å²) in [6.45, 7) is 5.03. The highest BCUT2D eigenvalue weighted by molar-refractivity contribution is 5.81. The largest absolute Gasteiger partial charge is 0.481 e. The minimum atomic E-state index is -0.510. The van der Waals surface area contributed by atoms with Gasteiger partial charge < -0.3 is 15.0 Å². The van der Waals surface area contributed by atoms with Crippen molar-refractivity contribution < 1.29 is 14.3 Å². The van der Waals surface area contributed by atoms with Gasteiger partial charge in [0.2, 0.25) is 5.91 Å². The fourth-order valence-corrected chi connectivity index (χ4v) is 4.17. The molecule has 158 valence electrons. The molecule has 5 heteroatoms. The Hall–Kier alpha value is -2.82. The second kappa shape index (κ2) is 8.90. The Bertz CT molecular complexity index is 908. The summed E-state index contributed by atoms with van der Waals surface area (Å²) in [4.78, 5) is 26.8. The van der Waals surface area contributed by atoms with Crippen LogP contribution in [0, 0.1) is 5.92 Å². The number of hydrogen-bond acceptors (Lipinski definition) is 3. The number of rotatable bonds is 7. The second-order valence-corrected chi connectivity index (χ2v) is 8.34. The zero-order valence-corrected chi connectivity index (χ0v) is 17.8. The minimum absolute atomic E-state index is 0.0490. The maximum atomic E-state index is 12.5. The third-order valence-corrected chi connectivity index (χ3v) is 6.07. The Balaban J connectivity index is 1.59. The van der Waals surface area contributed by atoms with E-state index in [-0.39, 0.29) is 17.9 Å². The van der Waals surface area contributed by atoms with Gasteiger partial charge in [-0.1, -0.05) is 43.3 Å². The number of ether oxygens (including phenoxy) is 1. The van der Waals surface area contributed by atoms with Crippen LogP contribution >= 0.6 is 0 Å². The van der Waals surface area contributed by atoms with Gasteiger partial charge in [0.15, 0.2) is 6.10 Å². The average Bonchev–Trinajstić information content (AvgIpc) is 3.60. The quantitative estimate of drug-likeness (QED) is 0.760. The van der Waals surface area contributed by atoms with Crippen LogP contribution in [0.1, 0.15) is 55.8 Å². The summed E-state index contributed by atoms with van der Waals surface area (Å²) in [7, 11) is 0. The standard InChI is InChI=1S/C25H30N2O3/c1-3-23(25(29)26-16-18-9-10-18)30-21-12-11-19-13-14-27(17(2)28)24(22(19)15-21)20-7-5-4-6-8-20/h4-8,11-12,15,18,23-24H,3,9-10,13-14,16H2,1-2H3,(H,26,29)/t23-,24-/m1/s1. The molecule has 1 heterocycles. The van der Waals surface area contributed by atoms with Crippen molar-refractivity contribution >= 4 is 11.8 Å². The van der Waals surface area contributed by atoms with Gasteiger partial charge in [-0.3, -0.25) is 9.59 Å². The normalized spacial score (nSPS) is 19.0. The summed E-state index contributed by atoms with van der Waals surface area (Å²) in [6, 6.07) is 16.0. The molecule has 1 fully saturated rings. The molecule has 1 saturated carbocycles. The molecule has 4 rings (SSSR count). The Labute approximate surface area is 178 Å². The highest BCUT2D eigenvalue weighted by Crippen LogP contribution is 2.37. The summed E-state index contributed by atoms with van der Waals surface area (Å²) in [5.74, 6) is 1.33. The smallest absolute Gasteiger partial charge is 0.261 e. The Morgan fingerprint density at radius 3 is 2.60 bits per heavy atom. The summed E-state index contributed by atoms with van der Waals surface area (Å²) in [5, 5.41) is 3.02. The van der Waals surface area contributed by atoms with E-state index in [0.29, 0.717) is 24.6 Å². The summed E-state index contributed by atoms with van der Waals surface area (Å²) in [5.41, 5.74) is 3.38. The Morgan fingerprint density at radius 1 is 1.17 bits per heavy atom. The third-order valence-electron chi connectivity index (χ3n) is 6.07. The van der Waals surface area contributed by atoms with Crippen molar-refractivity contribution in [3.05, 3.63) is 65.2 Å². The van der Waals surface area contributed by atoms with E-state index in [1.54, 1.807) is 6.92 Å². The zero-order valence-electron chi connectivity index (χ0n) is 17.8. The van der Waals surface area contributed by atoms with Gasteiger partial charge in [-0.25, -0.2) is 0 Å². The molecule has 0 spiro atoms. The second-order valence-electron chi connectivity index (χ2n) is 8.34. The fraction of sp³-hybridized carbons (Fsp3) is 0.440. The number of nitrogens with zero attached hydrogens (tertiary/aromatic N) is 1. The van der Waals surface area contributed by atoms with Crippen LogP contribution in [0.25, 0.3) is 0 Å². The molecular weight excluding hydrogens is 376 g/mol. The lowest BCUT2D eigenvalue weighted by Crippen LogP contribution is -2.40. The summed E-state index contributed by atoms with van der Waals surface area (Å²) >= 11 is 0. The predicted molar refractivity (Wildman–Crippen MR) is 116 cm³/mol. The highest BCUT2D eigenvalue weighted by Gasteiger charge is 2.31. The lowest BCUT2D eigenvalue weighted by atomic mass is 9.88. The van der Waals surface area contributed by atoms with Gasteiger partial charge >= 0.3 is 0 Å². The first-order valence-electron chi connectivity index (χ1n) is 11.0. The highest BCUT2D eigenvalue weighted by atomic mass is 16.5. The minimum Gasteiger partial charge on any atom is -0.481 e. The molecule has 1 N–H and O–H groups in total. The van der Waals surface area contributed by atoms with E-state index in [9.17, 15) is 9.59 Å². The molecular formula is C25H30N2O3. The van der Waals surface area contributed by atoms with Crippen LogP contribution in [0.15, 0.2) is 48.5 Å². The third kappa shape index (κ3) is 4.50. The first-order valence-corrected chi connectivity index (χ1v) is 11.0. The molecule has 2 aromatic carbocycles. The molecule has 2 amide bonds. The topological polar surface area (TPSA) is 58.6 Å². The molecule has 1 aliphatic carbocycles. The lowest BCUT2D eigenvalue weighted by molar-refractivity contribution is -0.131. The van der Waals surface area contributed by atoms with Gasteiger partial charge in [-0.05, 0) is 60.4 Å². The number of carbonyl (C=O) groups excluding carboxylic acids is 2. The maximum Gasteiger partial charge on any atom is 0.261 e. The molecule has 0 bridgehead atoms. The van der Waals surface area contributed by atoms with E-state index in [4.69, 9.17) is 4.74 Å². The van der Waals surface area contributed by atoms with Crippen LogP contribution in [0.3, 0.4) is 0 Å². The Morgan fingerprint density at radius 2 is 1.93 bits per heavy atom. The molecule has 2 aromatic rings. The van der Waals surface area contributed by atoms with Gasteiger partial charge in [0.05, 0.1) is 6.04 Å². The van der Waals surface area contributed by atoms with Crippen LogP contribution in [-0.4, -0.2) is 35.9 Å². The van der Waals surface area contributed by atoms with Crippen molar-refractivity contribution in [2.24, 2.45) is 5.92 Å². The Kier molecular flexibility index (Phi) is 6.07. The monoisotopic (exact) mass is 406 g/mol. The van der Waals surface area contributed by atoms with Gasteiger partial charge in [0, 0.05) is 20.0 Å². The van der Waals surface area contributed by atoms with Crippen molar-refractivity contribution in [1.82, 2.24) is 10.2 Å². The number of fused-ring (bicyclic) bond motifs is 1.